The van der Waals surface area contributed by atoms with Gasteiger partial charge in [-0.25, -0.2) is 14.8 Å². The molecule has 2 heterocycles. The van der Waals surface area contributed by atoms with Crippen molar-refractivity contribution in [3.05, 3.63) is 23.9 Å². The zero-order valence-electron chi connectivity index (χ0n) is 10.4. The number of rotatable bonds is 4. The Balaban J connectivity index is 2.23. The molecule has 1 amide bonds. The number of ether oxygens (including phenoxy) is 1. The van der Waals surface area contributed by atoms with Crippen LogP contribution in [0.25, 0.3) is 0 Å². The lowest BCUT2D eigenvalue weighted by molar-refractivity contribution is -0.133. The molecule has 0 saturated heterocycles. The summed E-state index contributed by atoms with van der Waals surface area (Å²) in [6.45, 7) is 0.145. The van der Waals surface area contributed by atoms with Crippen LogP contribution in [-0.2, 0) is 16.1 Å². The van der Waals surface area contributed by atoms with Crippen LogP contribution in [0.1, 0.15) is 18.4 Å². The summed E-state index contributed by atoms with van der Waals surface area (Å²) in [7, 11) is 1.48. The standard InChI is InChI=1S/C12H13N3O4/c1-19-11-8(3-2-6-13-11)7-15-10(16)5-4-9(14-15)12(17)18/h2-3,6H,4-5,7H2,1H3,(H,17,18). The van der Waals surface area contributed by atoms with Gasteiger partial charge in [0.1, 0.15) is 5.71 Å². The second-order valence-corrected chi connectivity index (χ2v) is 3.98. The fourth-order valence-corrected chi connectivity index (χ4v) is 1.77. The van der Waals surface area contributed by atoms with Crippen LogP contribution < -0.4 is 4.74 Å². The summed E-state index contributed by atoms with van der Waals surface area (Å²) >= 11 is 0. The van der Waals surface area contributed by atoms with Gasteiger partial charge in [0, 0.05) is 24.6 Å². The summed E-state index contributed by atoms with van der Waals surface area (Å²) in [5.74, 6) is -0.917. The van der Waals surface area contributed by atoms with Gasteiger partial charge in [-0.15, -0.1) is 0 Å². The molecule has 2 rings (SSSR count). The molecule has 0 atom stereocenters. The maximum Gasteiger partial charge on any atom is 0.352 e. The zero-order valence-corrected chi connectivity index (χ0v) is 10.4. The molecule has 0 fully saturated rings. The molecule has 1 aromatic rings. The summed E-state index contributed by atoms with van der Waals surface area (Å²) < 4.78 is 5.08. The first-order chi connectivity index (χ1) is 9.11. The SMILES string of the molecule is COc1ncccc1CN1N=C(C(=O)O)CCC1=O. The van der Waals surface area contributed by atoms with Crippen LogP contribution in [-0.4, -0.2) is 39.8 Å². The Morgan fingerprint density at radius 3 is 3.00 bits per heavy atom. The fourth-order valence-electron chi connectivity index (χ4n) is 1.77. The number of carboxylic acids is 1. The van der Waals surface area contributed by atoms with E-state index in [1.165, 1.54) is 7.11 Å². The predicted octanol–water partition coefficient (Wildman–Crippen LogP) is 0.653. The third-order valence-electron chi connectivity index (χ3n) is 2.72. The van der Waals surface area contributed by atoms with Crippen LogP contribution >= 0.6 is 0 Å². The van der Waals surface area contributed by atoms with Crippen molar-refractivity contribution in [2.45, 2.75) is 19.4 Å². The zero-order chi connectivity index (χ0) is 13.8. The molecule has 1 N–H and O–H groups in total. The smallest absolute Gasteiger partial charge is 0.352 e. The summed E-state index contributed by atoms with van der Waals surface area (Å²) in [5.41, 5.74) is 0.663. The number of nitrogens with zero attached hydrogens (tertiary/aromatic N) is 3. The van der Waals surface area contributed by atoms with Crippen LogP contribution in [0.3, 0.4) is 0 Å². The van der Waals surface area contributed by atoms with Gasteiger partial charge >= 0.3 is 5.97 Å². The quantitative estimate of drug-likeness (QED) is 0.861. The molecule has 0 aliphatic carbocycles. The van der Waals surface area contributed by atoms with Crippen molar-refractivity contribution in [3.8, 4) is 5.88 Å². The molecule has 1 aliphatic rings. The number of hydrazone groups is 1. The molecular weight excluding hydrogens is 250 g/mol. The van der Waals surface area contributed by atoms with Gasteiger partial charge in [0.25, 0.3) is 0 Å². The van der Waals surface area contributed by atoms with E-state index in [4.69, 9.17) is 9.84 Å². The highest BCUT2D eigenvalue weighted by atomic mass is 16.5. The molecule has 7 nitrogen and oxygen atoms in total. The van der Waals surface area contributed by atoms with E-state index in [1.807, 2.05) is 0 Å². The van der Waals surface area contributed by atoms with Crippen molar-refractivity contribution in [1.82, 2.24) is 9.99 Å². The minimum Gasteiger partial charge on any atom is -0.481 e. The van der Waals surface area contributed by atoms with Gasteiger partial charge in [-0.2, -0.15) is 5.10 Å². The molecule has 1 aliphatic heterocycles. The van der Waals surface area contributed by atoms with E-state index in [2.05, 4.69) is 10.1 Å². The molecule has 0 aromatic carbocycles. The van der Waals surface area contributed by atoms with Gasteiger partial charge in [-0.05, 0) is 6.07 Å². The van der Waals surface area contributed by atoms with Gasteiger partial charge in [-0.1, -0.05) is 6.07 Å². The van der Waals surface area contributed by atoms with E-state index in [0.717, 1.165) is 5.01 Å². The Morgan fingerprint density at radius 2 is 2.32 bits per heavy atom. The minimum atomic E-state index is -1.10. The van der Waals surface area contributed by atoms with Crippen molar-refractivity contribution in [2.24, 2.45) is 5.10 Å². The number of carboxylic acid groups (broad SMARTS) is 1. The average Bonchev–Trinajstić information content (AvgIpc) is 2.41. The highest BCUT2D eigenvalue weighted by Crippen LogP contribution is 2.19. The molecule has 100 valence electrons. The monoisotopic (exact) mass is 263 g/mol. The number of carbonyl (C=O) groups is 2. The number of hydrogen-bond donors (Lipinski definition) is 1. The normalized spacial score (nSPS) is 15.1. The minimum absolute atomic E-state index is 0.0116. The van der Waals surface area contributed by atoms with E-state index < -0.39 is 5.97 Å². The van der Waals surface area contributed by atoms with Crippen LogP contribution in [0.15, 0.2) is 23.4 Å². The fraction of sp³-hybridized carbons (Fsp3) is 0.333. The summed E-state index contributed by atoms with van der Waals surface area (Å²) in [5, 5.41) is 13.9. The Bertz CT molecular complexity index is 542. The molecule has 0 radical (unpaired) electrons. The number of carbonyl (C=O) groups excluding carboxylic acids is 1. The van der Waals surface area contributed by atoms with E-state index >= 15 is 0 Å². The number of aromatic nitrogens is 1. The number of amides is 1. The lowest BCUT2D eigenvalue weighted by Crippen LogP contribution is -2.33. The average molecular weight is 263 g/mol. The Hall–Kier alpha value is -2.44. The van der Waals surface area contributed by atoms with E-state index in [0.29, 0.717) is 11.4 Å². The lowest BCUT2D eigenvalue weighted by Gasteiger charge is -2.22. The molecule has 0 saturated carbocycles. The van der Waals surface area contributed by atoms with Gasteiger partial charge in [0.05, 0.1) is 13.7 Å². The van der Waals surface area contributed by atoms with Crippen molar-refractivity contribution in [1.29, 1.82) is 0 Å². The van der Waals surface area contributed by atoms with E-state index in [9.17, 15) is 9.59 Å². The molecule has 0 spiro atoms. The highest BCUT2D eigenvalue weighted by Gasteiger charge is 2.24. The number of hydrogen-bond acceptors (Lipinski definition) is 5. The Kier molecular flexibility index (Phi) is 3.74. The first kappa shape index (κ1) is 13.0. The predicted molar refractivity (Wildman–Crippen MR) is 65.6 cm³/mol. The summed E-state index contributed by atoms with van der Waals surface area (Å²) in [6, 6.07) is 3.47. The van der Waals surface area contributed by atoms with Crippen LogP contribution in [0.4, 0.5) is 0 Å². The van der Waals surface area contributed by atoms with Gasteiger partial charge in [0.15, 0.2) is 0 Å². The topological polar surface area (TPSA) is 92.1 Å². The van der Waals surface area contributed by atoms with Crippen molar-refractivity contribution in [3.63, 3.8) is 0 Å². The maximum atomic E-state index is 11.7. The molecule has 7 heteroatoms. The lowest BCUT2D eigenvalue weighted by atomic mass is 10.1. The summed E-state index contributed by atoms with van der Waals surface area (Å²) in [4.78, 5) is 26.6. The van der Waals surface area contributed by atoms with Crippen LogP contribution in [0, 0.1) is 0 Å². The first-order valence-corrected chi connectivity index (χ1v) is 5.71. The third-order valence-corrected chi connectivity index (χ3v) is 2.72. The van der Waals surface area contributed by atoms with Gasteiger partial charge in [0.2, 0.25) is 11.8 Å². The van der Waals surface area contributed by atoms with E-state index in [1.54, 1.807) is 18.3 Å². The number of aliphatic carboxylic acids is 1. The van der Waals surface area contributed by atoms with Gasteiger partial charge in [-0.3, -0.25) is 4.79 Å². The second-order valence-electron chi connectivity index (χ2n) is 3.98. The Morgan fingerprint density at radius 1 is 1.53 bits per heavy atom. The Labute approximate surface area is 109 Å². The van der Waals surface area contributed by atoms with Crippen molar-refractivity contribution in [2.75, 3.05) is 7.11 Å². The van der Waals surface area contributed by atoms with Crippen LogP contribution in [0.5, 0.6) is 5.88 Å². The highest BCUT2D eigenvalue weighted by molar-refractivity contribution is 6.36. The van der Waals surface area contributed by atoms with Crippen molar-refractivity contribution >= 4 is 17.6 Å². The van der Waals surface area contributed by atoms with Crippen LogP contribution in [0.2, 0.25) is 0 Å². The number of pyridine rings is 1. The maximum absolute atomic E-state index is 11.7. The number of methoxy groups -OCH3 is 1. The molecule has 0 unspecified atom stereocenters. The van der Waals surface area contributed by atoms with E-state index in [-0.39, 0.29) is 31.0 Å². The molecular formula is C12H13N3O4. The largest absolute Gasteiger partial charge is 0.481 e. The van der Waals surface area contributed by atoms with Crippen molar-refractivity contribution < 1.29 is 19.4 Å². The third kappa shape index (κ3) is 2.87. The summed E-state index contributed by atoms with van der Waals surface area (Å²) in [6.07, 6.45) is 1.88. The second kappa shape index (κ2) is 5.47. The molecule has 0 bridgehead atoms. The first-order valence-electron chi connectivity index (χ1n) is 5.71. The molecule has 19 heavy (non-hydrogen) atoms. The molecule has 1 aromatic heterocycles. The van der Waals surface area contributed by atoms with Gasteiger partial charge < -0.3 is 9.84 Å².